The zero-order valence-corrected chi connectivity index (χ0v) is 12.1. The standard InChI is InChI=1S/C14H15BrN2O2/c15-12-3-5-16-13-4-6-17(8-11(12)13)14(18)10-2-1-7-19-9-10/h3,5,9H,1-2,4,6-8H2. The Bertz CT molecular complexity index is 542. The average molecular weight is 323 g/mol. The minimum atomic E-state index is 0.0982. The third kappa shape index (κ3) is 2.52. The highest BCUT2D eigenvalue weighted by Gasteiger charge is 2.26. The number of halogens is 1. The first-order chi connectivity index (χ1) is 9.25. The average Bonchev–Trinajstić information content (AvgIpc) is 2.47. The number of carbonyl (C=O) groups is 1. The number of aromatic nitrogens is 1. The van der Waals surface area contributed by atoms with Crippen LogP contribution >= 0.6 is 15.9 Å². The van der Waals surface area contributed by atoms with Gasteiger partial charge in [-0.05, 0) is 18.9 Å². The molecule has 1 amide bonds. The van der Waals surface area contributed by atoms with E-state index in [2.05, 4.69) is 20.9 Å². The largest absolute Gasteiger partial charge is 0.501 e. The van der Waals surface area contributed by atoms with Gasteiger partial charge in [0.25, 0.3) is 5.91 Å². The van der Waals surface area contributed by atoms with Crippen molar-refractivity contribution in [3.05, 3.63) is 39.8 Å². The number of ether oxygens (including phenoxy) is 1. The summed E-state index contributed by atoms with van der Waals surface area (Å²) >= 11 is 3.54. The summed E-state index contributed by atoms with van der Waals surface area (Å²) in [4.78, 5) is 18.7. The van der Waals surface area contributed by atoms with Gasteiger partial charge in [-0.3, -0.25) is 9.78 Å². The van der Waals surface area contributed by atoms with E-state index >= 15 is 0 Å². The van der Waals surface area contributed by atoms with Crippen LogP contribution in [0.15, 0.2) is 28.6 Å². The molecule has 0 aromatic carbocycles. The Morgan fingerprint density at radius 2 is 2.32 bits per heavy atom. The number of hydrogen-bond acceptors (Lipinski definition) is 3. The normalized spacial score (nSPS) is 18.4. The van der Waals surface area contributed by atoms with Crippen LogP contribution in [0.3, 0.4) is 0 Å². The van der Waals surface area contributed by atoms with Crippen LogP contribution in [-0.4, -0.2) is 28.9 Å². The van der Waals surface area contributed by atoms with Crippen LogP contribution < -0.4 is 0 Å². The fourth-order valence-corrected chi connectivity index (χ4v) is 2.97. The maximum absolute atomic E-state index is 12.4. The molecule has 0 aliphatic carbocycles. The molecule has 0 saturated carbocycles. The summed E-state index contributed by atoms with van der Waals surface area (Å²) in [6.45, 7) is 2.07. The van der Waals surface area contributed by atoms with Crippen molar-refractivity contribution >= 4 is 21.8 Å². The Morgan fingerprint density at radius 1 is 1.42 bits per heavy atom. The van der Waals surface area contributed by atoms with Gasteiger partial charge < -0.3 is 9.64 Å². The highest BCUT2D eigenvalue weighted by Crippen LogP contribution is 2.26. The van der Waals surface area contributed by atoms with Crippen LogP contribution in [0.25, 0.3) is 0 Å². The van der Waals surface area contributed by atoms with E-state index in [1.165, 1.54) is 0 Å². The number of hydrogen-bond donors (Lipinski definition) is 0. The van der Waals surface area contributed by atoms with E-state index in [-0.39, 0.29) is 5.91 Å². The lowest BCUT2D eigenvalue weighted by Crippen LogP contribution is -2.37. The molecule has 0 saturated heterocycles. The van der Waals surface area contributed by atoms with Crippen LogP contribution in [0, 0.1) is 0 Å². The molecule has 1 aromatic rings. The second-order valence-corrected chi connectivity index (χ2v) is 5.67. The van der Waals surface area contributed by atoms with Gasteiger partial charge in [0, 0.05) is 41.4 Å². The van der Waals surface area contributed by atoms with E-state index in [0.717, 1.165) is 53.7 Å². The topological polar surface area (TPSA) is 42.4 Å². The molecule has 0 bridgehead atoms. The van der Waals surface area contributed by atoms with Crippen LogP contribution in [-0.2, 0) is 22.5 Å². The second kappa shape index (κ2) is 5.33. The van der Waals surface area contributed by atoms with Crippen molar-refractivity contribution in [2.24, 2.45) is 0 Å². The van der Waals surface area contributed by atoms with Crippen LogP contribution in [0.1, 0.15) is 24.1 Å². The molecule has 2 aliphatic heterocycles. The number of nitrogens with zero attached hydrogens (tertiary/aromatic N) is 2. The summed E-state index contributed by atoms with van der Waals surface area (Å²) in [5.74, 6) is 0.0982. The first-order valence-electron chi connectivity index (χ1n) is 6.48. The maximum Gasteiger partial charge on any atom is 0.253 e. The van der Waals surface area contributed by atoms with Crippen molar-refractivity contribution in [1.29, 1.82) is 0 Å². The molecular weight excluding hydrogens is 308 g/mol. The highest BCUT2D eigenvalue weighted by atomic mass is 79.9. The minimum absolute atomic E-state index is 0.0982. The van der Waals surface area contributed by atoms with Crippen molar-refractivity contribution in [3.63, 3.8) is 0 Å². The van der Waals surface area contributed by atoms with Gasteiger partial charge in [0.1, 0.15) is 0 Å². The zero-order valence-electron chi connectivity index (χ0n) is 10.6. The lowest BCUT2D eigenvalue weighted by atomic mass is 10.0. The summed E-state index contributed by atoms with van der Waals surface area (Å²) in [6, 6.07) is 1.93. The monoisotopic (exact) mass is 322 g/mol. The van der Waals surface area contributed by atoms with Crippen molar-refractivity contribution in [3.8, 4) is 0 Å². The first-order valence-corrected chi connectivity index (χ1v) is 7.27. The molecular formula is C14H15BrN2O2. The number of pyridine rings is 1. The Morgan fingerprint density at radius 3 is 3.11 bits per heavy atom. The predicted molar refractivity (Wildman–Crippen MR) is 74.3 cm³/mol. The van der Waals surface area contributed by atoms with Gasteiger partial charge in [-0.15, -0.1) is 0 Å². The summed E-state index contributed by atoms with van der Waals surface area (Å²) in [7, 11) is 0. The van der Waals surface area contributed by atoms with Gasteiger partial charge in [-0.25, -0.2) is 0 Å². The molecule has 2 aliphatic rings. The molecule has 19 heavy (non-hydrogen) atoms. The molecule has 3 rings (SSSR count). The van der Waals surface area contributed by atoms with E-state index in [4.69, 9.17) is 4.74 Å². The Hall–Kier alpha value is -1.36. The fraction of sp³-hybridized carbons (Fsp3) is 0.429. The lowest BCUT2D eigenvalue weighted by molar-refractivity contribution is -0.128. The molecule has 0 fully saturated rings. The quantitative estimate of drug-likeness (QED) is 0.797. The van der Waals surface area contributed by atoms with E-state index in [0.29, 0.717) is 6.54 Å². The van der Waals surface area contributed by atoms with E-state index < -0.39 is 0 Å². The van der Waals surface area contributed by atoms with Gasteiger partial charge in [0.2, 0.25) is 0 Å². The molecule has 3 heterocycles. The van der Waals surface area contributed by atoms with Crippen molar-refractivity contribution < 1.29 is 9.53 Å². The number of carbonyl (C=O) groups excluding carboxylic acids is 1. The highest BCUT2D eigenvalue weighted by molar-refractivity contribution is 9.10. The second-order valence-electron chi connectivity index (χ2n) is 4.81. The van der Waals surface area contributed by atoms with Crippen LogP contribution in [0.5, 0.6) is 0 Å². The third-order valence-corrected chi connectivity index (χ3v) is 4.29. The van der Waals surface area contributed by atoms with Crippen LogP contribution in [0.4, 0.5) is 0 Å². The van der Waals surface area contributed by atoms with Crippen molar-refractivity contribution in [1.82, 2.24) is 9.88 Å². The molecule has 0 N–H and O–H groups in total. The molecule has 0 radical (unpaired) electrons. The number of rotatable bonds is 1. The van der Waals surface area contributed by atoms with Gasteiger partial charge in [-0.2, -0.15) is 0 Å². The molecule has 0 spiro atoms. The minimum Gasteiger partial charge on any atom is -0.501 e. The fourth-order valence-electron chi connectivity index (χ4n) is 2.50. The summed E-state index contributed by atoms with van der Waals surface area (Å²) in [6.07, 6.45) is 5.98. The number of amides is 1. The summed E-state index contributed by atoms with van der Waals surface area (Å²) < 4.78 is 6.29. The van der Waals surface area contributed by atoms with E-state index in [9.17, 15) is 4.79 Å². The van der Waals surface area contributed by atoms with Gasteiger partial charge in [-0.1, -0.05) is 15.9 Å². The third-order valence-electron chi connectivity index (χ3n) is 3.55. The molecule has 4 nitrogen and oxygen atoms in total. The van der Waals surface area contributed by atoms with Gasteiger partial charge >= 0.3 is 0 Å². The smallest absolute Gasteiger partial charge is 0.253 e. The lowest BCUT2D eigenvalue weighted by Gasteiger charge is -2.30. The maximum atomic E-state index is 12.4. The Labute approximate surface area is 120 Å². The van der Waals surface area contributed by atoms with Gasteiger partial charge in [0.15, 0.2) is 0 Å². The summed E-state index contributed by atoms with van der Waals surface area (Å²) in [5, 5.41) is 0. The molecule has 5 heteroatoms. The zero-order chi connectivity index (χ0) is 13.2. The van der Waals surface area contributed by atoms with Crippen molar-refractivity contribution in [2.75, 3.05) is 13.2 Å². The Balaban J connectivity index is 1.80. The van der Waals surface area contributed by atoms with E-state index in [1.54, 1.807) is 12.5 Å². The van der Waals surface area contributed by atoms with Gasteiger partial charge in [0.05, 0.1) is 18.4 Å². The number of fused-ring (bicyclic) bond motifs is 1. The molecule has 0 atom stereocenters. The summed E-state index contributed by atoms with van der Waals surface area (Å²) in [5.41, 5.74) is 3.00. The van der Waals surface area contributed by atoms with E-state index in [1.807, 2.05) is 11.0 Å². The Kier molecular flexibility index (Phi) is 3.55. The molecule has 1 aromatic heterocycles. The SMILES string of the molecule is O=C(C1=COCCC1)N1CCc2nccc(Br)c2C1. The molecule has 0 unspecified atom stereocenters. The molecule has 100 valence electrons. The van der Waals surface area contributed by atoms with Crippen LogP contribution in [0.2, 0.25) is 0 Å². The predicted octanol–water partition coefficient (Wildman–Crippen LogP) is 2.42. The first kappa shape index (κ1) is 12.7. The van der Waals surface area contributed by atoms with Crippen molar-refractivity contribution in [2.45, 2.75) is 25.8 Å².